The average molecular weight is 261 g/mol. The molecule has 4 rings (SSSR count). The first-order valence-electron chi connectivity index (χ1n) is 6.24. The summed E-state index contributed by atoms with van der Waals surface area (Å²) in [5, 5.41) is 5.91. The normalized spacial score (nSPS) is 11.2. The summed E-state index contributed by atoms with van der Waals surface area (Å²) in [6.07, 6.45) is 1.90. The maximum absolute atomic E-state index is 4.61. The Labute approximate surface area is 115 Å². The molecule has 0 fully saturated rings. The van der Waals surface area contributed by atoms with E-state index in [1.807, 2.05) is 6.20 Å². The fraction of sp³-hybridized carbons (Fsp3) is 0. The van der Waals surface area contributed by atoms with E-state index in [0.717, 1.165) is 5.69 Å². The van der Waals surface area contributed by atoms with Gasteiger partial charge in [0.15, 0.2) is 0 Å². The Morgan fingerprint density at radius 3 is 2.68 bits per heavy atom. The lowest BCUT2D eigenvalue weighted by Crippen LogP contribution is -1.85. The van der Waals surface area contributed by atoms with E-state index in [2.05, 4.69) is 65.0 Å². The molecule has 2 heteroatoms. The van der Waals surface area contributed by atoms with Crippen molar-refractivity contribution in [1.29, 1.82) is 0 Å². The third kappa shape index (κ3) is 1.65. The molecular formula is C17H11NS. The highest BCUT2D eigenvalue weighted by molar-refractivity contribution is 7.17. The largest absolute Gasteiger partial charge is 0.255 e. The summed E-state index contributed by atoms with van der Waals surface area (Å²) >= 11 is 1.75. The Morgan fingerprint density at radius 2 is 1.68 bits per heavy atom. The van der Waals surface area contributed by atoms with Crippen LogP contribution in [0.5, 0.6) is 0 Å². The monoisotopic (exact) mass is 261 g/mol. The Kier molecular flexibility index (Phi) is 2.35. The molecule has 4 aromatic rings. The van der Waals surface area contributed by atoms with Crippen LogP contribution < -0.4 is 0 Å². The van der Waals surface area contributed by atoms with Crippen LogP contribution >= 0.6 is 11.3 Å². The molecule has 2 aromatic heterocycles. The summed E-state index contributed by atoms with van der Waals surface area (Å²) < 4.78 is 1.26. The zero-order chi connectivity index (χ0) is 12.7. The molecule has 0 atom stereocenters. The molecule has 2 heterocycles. The van der Waals surface area contributed by atoms with Gasteiger partial charge in [-0.25, -0.2) is 0 Å². The van der Waals surface area contributed by atoms with E-state index in [4.69, 9.17) is 0 Å². The van der Waals surface area contributed by atoms with Crippen LogP contribution in [0.15, 0.2) is 66.2 Å². The SMILES string of the molecule is c1ccc2c(-c3nccc4ccsc34)cccc2c1. The number of hydrogen-bond donors (Lipinski definition) is 0. The molecule has 0 aliphatic carbocycles. The minimum Gasteiger partial charge on any atom is -0.255 e. The third-order valence-corrected chi connectivity index (χ3v) is 4.35. The summed E-state index contributed by atoms with van der Waals surface area (Å²) in [6, 6.07) is 19.1. The highest BCUT2D eigenvalue weighted by Crippen LogP contribution is 2.34. The molecule has 0 saturated heterocycles. The van der Waals surface area contributed by atoms with Crippen molar-refractivity contribution in [3.8, 4) is 11.3 Å². The molecule has 0 aliphatic rings. The van der Waals surface area contributed by atoms with Crippen LogP contribution in [0.1, 0.15) is 0 Å². The van der Waals surface area contributed by atoms with Gasteiger partial charge in [0.05, 0.1) is 10.4 Å². The third-order valence-electron chi connectivity index (χ3n) is 3.41. The molecule has 0 unspecified atom stereocenters. The van der Waals surface area contributed by atoms with Crippen molar-refractivity contribution in [3.05, 3.63) is 66.2 Å². The second-order valence-corrected chi connectivity index (χ2v) is 5.44. The molecular weight excluding hydrogens is 250 g/mol. The van der Waals surface area contributed by atoms with Gasteiger partial charge in [0.1, 0.15) is 0 Å². The molecule has 0 amide bonds. The van der Waals surface area contributed by atoms with Crippen molar-refractivity contribution in [2.45, 2.75) is 0 Å². The molecule has 0 N–H and O–H groups in total. The van der Waals surface area contributed by atoms with Gasteiger partial charge in [-0.15, -0.1) is 11.3 Å². The fourth-order valence-corrected chi connectivity index (χ4v) is 3.41. The van der Waals surface area contributed by atoms with Crippen molar-refractivity contribution in [2.75, 3.05) is 0 Å². The quantitative estimate of drug-likeness (QED) is 0.463. The summed E-state index contributed by atoms with van der Waals surface area (Å²) in [5.41, 5.74) is 2.30. The highest BCUT2D eigenvalue weighted by atomic mass is 32.1. The maximum atomic E-state index is 4.61. The standard InChI is InChI=1S/C17H11NS/c1-2-6-14-12(4-1)5-3-7-15(14)16-17-13(8-10-18-16)9-11-19-17/h1-11H. The van der Waals surface area contributed by atoms with Gasteiger partial charge in [-0.3, -0.25) is 4.98 Å². The molecule has 0 aliphatic heterocycles. The van der Waals surface area contributed by atoms with E-state index >= 15 is 0 Å². The molecule has 0 bridgehead atoms. The van der Waals surface area contributed by atoms with Crippen LogP contribution in [0.2, 0.25) is 0 Å². The molecule has 90 valence electrons. The zero-order valence-electron chi connectivity index (χ0n) is 10.2. The molecule has 0 spiro atoms. The summed E-state index contributed by atoms with van der Waals surface area (Å²) in [4.78, 5) is 4.61. The number of rotatable bonds is 1. The number of aromatic nitrogens is 1. The first-order valence-corrected chi connectivity index (χ1v) is 7.12. The second-order valence-electron chi connectivity index (χ2n) is 4.53. The second kappa shape index (κ2) is 4.18. The van der Waals surface area contributed by atoms with E-state index in [1.54, 1.807) is 11.3 Å². The van der Waals surface area contributed by atoms with Gasteiger partial charge >= 0.3 is 0 Å². The van der Waals surface area contributed by atoms with Gasteiger partial charge in [0.2, 0.25) is 0 Å². The number of nitrogens with zero attached hydrogens (tertiary/aromatic N) is 1. The van der Waals surface area contributed by atoms with Crippen LogP contribution in [0, 0.1) is 0 Å². The van der Waals surface area contributed by atoms with Crippen LogP contribution in [-0.4, -0.2) is 4.98 Å². The van der Waals surface area contributed by atoms with Gasteiger partial charge < -0.3 is 0 Å². The molecule has 0 saturated carbocycles. The van der Waals surface area contributed by atoms with E-state index < -0.39 is 0 Å². The van der Waals surface area contributed by atoms with Gasteiger partial charge in [-0.1, -0.05) is 42.5 Å². The van der Waals surface area contributed by atoms with E-state index in [-0.39, 0.29) is 0 Å². The topological polar surface area (TPSA) is 12.9 Å². The maximum Gasteiger partial charge on any atom is 0.0886 e. The Balaban J connectivity index is 2.12. The first-order chi connectivity index (χ1) is 9.43. The Bertz CT molecular complexity index is 871. The van der Waals surface area contributed by atoms with Crippen molar-refractivity contribution in [2.24, 2.45) is 0 Å². The average Bonchev–Trinajstić information content (AvgIpc) is 2.95. The van der Waals surface area contributed by atoms with Crippen molar-refractivity contribution < 1.29 is 0 Å². The van der Waals surface area contributed by atoms with Crippen LogP contribution in [0.3, 0.4) is 0 Å². The number of hydrogen-bond acceptors (Lipinski definition) is 2. The lowest BCUT2D eigenvalue weighted by molar-refractivity contribution is 1.37. The predicted molar refractivity (Wildman–Crippen MR) is 82.6 cm³/mol. The number of pyridine rings is 1. The van der Waals surface area contributed by atoms with E-state index in [9.17, 15) is 0 Å². The van der Waals surface area contributed by atoms with Gasteiger partial charge in [0.25, 0.3) is 0 Å². The van der Waals surface area contributed by atoms with Gasteiger partial charge in [-0.05, 0) is 33.7 Å². The minimum absolute atomic E-state index is 1.09. The molecule has 0 radical (unpaired) electrons. The van der Waals surface area contributed by atoms with Crippen molar-refractivity contribution in [3.63, 3.8) is 0 Å². The van der Waals surface area contributed by atoms with Crippen molar-refractivity contribution >= 4 is 32.2 Å². The number of benzene rings is 2. The van der Waals surface area contributed by atoms with Crippen molar-refractivity contribution in [1.82, 2.24) is 4.98 Å². The predicted octanol–water partition coefficient (Wildman–Crippen LogP) is 5.12. The lowest BCUT2D eigenvalue weighted by Gasteiger charge is -2.06. The minimum atomic E-state index is 1.09. The summed E-state index contributed by atoms with van der Waals surface area (Å²) in [7, 11) is 0. The van der Waals surface area contributed by atoms with Crippen LogP contribution in [-0.2, 0) is 0 Å². The molecule has 19 heavy (non-hydrogen) atoms. The lowest BCUT2D eigenvalue weighted by atomic mass is 10.0. The zero-order valence-corrected chi connectivity index (χ0v) is 11.0. The molecule has 2 aromatic carbocycles. The molecule has 1 nitrogen and oxygen atoms in total. The van der Waals surface area contributed by atoms with Gasteiger partial charge in [0, 0.05) is 11.8 Å². The van der Waals surface area contributed by atoms with Gasteiger partial charge in [-0.2, -0.15) is 0 Å². The Morgan fingerprint density at radius 1 is 0.789 bits per heavy atom. The summed E-state index contributed by atoms with van der Waals surface area (Å²) in [5.74, 6) is 0. The first kappa shape index (κ1) is 10.7. The fourth-order valence-electron chi connectivity index (χ4n) is 2.52. The van der Waals surface area contributed by atoms with E-state index in [0.29, 0.717) is 0 Å². The van der Waals surface area contributed by atoms with Crippen LogP contribution in [0.4, 0.5) is 0 Å². The highest BCUT2D eigenvalue weighted by Gasteiger charge is 2.09. The van der Waals surface area contributed by atoms with Crippen LogP contribution in [0.25, 0.3) is 32.1 Å². The number of thiophene rings is 1. The number of fused-ring (bicyclic) bond motifs is 2. The smallest absolute Gasteiger partial charge is 0.0886 e. The Hall–Kier alpha value is -2.19. The van der Waals surface area contributed by atoms with E-state index in [1.165, 1.54) is 26.4 Å². The summed E-state index contributed by atoms with van der Waals surface area (Å²) in [6.45, 7) is 0.